The van der Waals surface area contributed by atoms with Gasteiger partial charge in [-0.1, -0.05) is 5.16 Å². The third-order valence-electron chi connectivity index (χ3n) is 1.14. The van der Waals surface area contributed by atoms with Gasteiger partial charge in [0, 0.05) is 6.07 Å². The molecule has 1 aromatic heterocycles. The van der Waals surface area contributed by atoms with Gasteiger partial charge in [-0.3, -0.25) is 4.79 Å². The van der Waals surface area contributed by atoms with E-state index in [1.807, 2.05) is 0 Å². The first-order valence-electron chi connectivity index (χ1n) is 3.08. The largest absolute Gasteiger partial charge is 0.481 e. The first-order valence-corrected chi connectivity index (χ1v) is 3.08. The molecular formula is C6H8N2O3. The third-order valence-corrected chi connectivity index (χ3v) is 1.14. The Morgan fingerprint density at radius 3 is 3.00 bits per heavy atom. The Morgan fingerprint density at radius 2 is 2.55 bits per heavy atom. The molecule has 0 spiro atoms. The van der Waals surface area contributed by atoms with Gasteiger partial charge in [0.2, 0.25) is 0 Å². The van der Waals surface area contributed by atoms with Gasteiger partial charge < -0.3 is 15.4 Å². The number of hydrogen-bond donors (Lipinski definition) is 2. The zero-order valence-electron chi connectivity index (χ0n) is 5.78. The fourth-order valence-electron chi connectivity index (χ4n) is 0.690. The maximum atomic E-state index is 10.2. The van der Waals surface area contributed by atoms with E-state index in [-0.39, 0.29) is 13.0 Å². The molecule has 0 aliphatic carbocycles. The summed E-state index contributed by atoms with van der Waals surface area (Å²) < 4.78 is 4.68. The van der Waals surface area contributed by atoms with Crippen LogP contribution in [0.15, 0.2) is 10.6 Å². The second-order valence-electron chi connectivity index (χ2n) is 2.06. The number of nitrogens with two attached hydrogens (primary N) is 1. The van der Waals surface area contributed by atoms with Crippen LogP contribution in [0, 0.1) is 0 Å². The highest BCUT2D eigenvalue weighted by atomic mass is 16.5. The van der Waals surface area contributed by atoms with Crippen LogP contribution in [0.1, 0.15) is 11.5 Å². The van der Waals surface area contributed by atoms with Crippen LogP contribution in [0.2, 0.25) is 0 Å². The summed E-state index contributed by atoms with van der Waals surface area (Å²) in [6.07, 6.45) is -0.122. The maximum absolute atomic E-state index is 10.2. The number of rotatable bonds is 3. The van der Waals surface area contributed by atoms with Crippen LogP contribution in [0.5, 0.6) is 0 Å². The minimum atomic E-state index is -0.929. The standard InChI is InChI=1S/C6H8N2O3/c7-3-5-1-4(8-11-5)2-6(9)10/h1H,2-3,7H2,(H,9,10). The van der Waals surface area contributed by atoms with E-state index >= 15 is 0 Å². The Balaban J connectivity index is 2.65. The zero-order valence-corrected chi connectivity index (χ0v) is 5.78. The molecule has 0 aliphatic heterocycles. The highest BCUT2D eigenvalue weighted by Crippen LogP contribution is 2.02. The molecule has 0 saturated carbocycles. The van der Waals surface area contributed by atoms with E-state index in [2.05, 4.69) is 9.68 Å². The molecule has 0 amide bonds. The van der Waals surface area contributed by atoms with E-state index in [0.29, 0.717) is 11.5 Å². The zero-order chi connectivity index (χ0) is 8.27. The van der Waals surface area contributed by atoms with Crippen LogP contribution in [-0.4, -0.2) is 16.2 Å². The molecule has 1 heterocycles. The Hall–Kier alpha value is -1.36. The van der Waals surface area contributed by atoms with Gasteiger partial charge in [0.1, 0.15) is 0 Å². The maximum Gasteiger partial charge on any atom is 0.309 e. The summed E-state index contributed by atoms with van der Waals surface area (Å²) in [6.45, 7) is 0.243. The Labute approximate surface area is 62.8 Å². The van der Waals surface area contributed by atoms with Crippen molar-refractivity contribution in [3.8, 4) is 0 Å². The number of aromatic nitrogens is 1. The van der Waals surface area contributed by atoms with Crippen molar-refractivity contribution in [1.82, 2.24) is 5.16 Å². The van der Waals surface area contributed by atoms with E-state index in [0.717, 1.165) is 0 Å². The van der Waals surface area contributed by atoms with Gasteiger partial charge in [-0.15, -0.1) is 0 Å². The highest BCUT2D eigenvalue weighted by Gasteiger charge is 2.05. The lowest BCUT2D eigenvalue weighted by Crippen LogP contribution is -1.99. The average Bonchev–Trinajstić information content (AvgIpc) is 2.34. The van der Waals surface area contributed by atoms with Gasteiger partial charge in [-0.05, 0) is 0 Å². The van der Waals surface area contributed by atoms with E-state index in [1.165, 1.54) is 6.07 Å². The van der Waals surface area contributed by atoms with Gasteiger partial charge in [-0.25, -0.2) is 0 Å². The molecule has 60 valence electrons. The van der Waals surface area contributed by atoms with Crippen molar-refractivity contribution in [2.75, 3.05) is 0 Å². The van der Waals surface area contributed by atoms with Crippen LogP contribution in [0.3, 0.4) is 0 Å². The fraction of sp³-hybridized carbons (Fsp3) is 0.333. The second kappa shape index (κ2) is 3.16. The molecule has 0 saturated heterocycles. The number of carbonyl (C=O) groups is 1. The molecule has 5 nitrogen and oxygen atoms in total. The molecule has 0 radical (unpaired) electrons. The molecule has 1 rings (SSSR count). The van der Waals surface area contributed by atoms with E-state index in [9.17, 15) is 4.79 Å². The smallest absolute Gasteiger partial charge is 0.309 e. The van der Waals surface area contributed by atoms with Crippen molar-refractivity contribution in [1.29, 1.82) is 0 Å². The van der Waals surface area contributed by atoms with E-state index in [1.54, 1.807) is 0 Å². The molecular weight excluding hydrogens is 148 g/mol. The molecule has 0 aromatic carbocycles. The van der Waals surface area contributed by atoms with Crippen molar-refractivity contribution < 1.29 is 14.4 Å². The number of nitrogens with zero attached hydrogens (tertiary/aromatic N) is 1. The number of aliphatic carboxylic acids is 1. The average molecular weight is 156 g/mol. The molecule has 0 atom stereocenters. The fourth-order valence-corrected chi connectivity index (χ4v) is 0.690. The molecule has 0 fully saturated rings. The summed E-state index contributed by atoms with van der Waals surface area (Å²) in [4.78, 5) is 10.2. The molecule has 1 aromatic rings. The van der Waals surface area contributed by atoms with Gasteiger partial charge in [0.05, 0.1) is 18.7 Å². The summed E-state index contributed by atoms with van der Waals surface area (Å²) in [6, 6.07) is 1.54. The predicted molar refractivity (Wildman–Crippen MR) is 35.7 cm³/mol. The monoisotopic (exact) mass is 156 g/mol. The summed E-state index contributed by atoms with van der Waals surface area (Å²) in [7, 11) is 0. The van der Waals surface area contributed by atoms with Crippen LogP contribution in [0.4, 0.5) is 0 Å². The van der Waals surface area contributed by atoms with Crippen molar-refractivity contribution in [3.63, 3.8) is 0 Å². The summed E-state index contributed by atoms with van der Waals surface area (Å²) in [5, 5.41) is 11.8. The Kier molecular flexibility index (Phi) is 2.22. The topological polar surface area (TPSA) is 89.4 Å². The van der Waals surface area contributed by atoms with Crippen LogP contribution in [0.25, 0.3) is 0 Å². The van der Waals surface area contributed by atoms with E-state index in [4.69, 9.17) is 10.8 Å². The van der Waals surface area contributed by atoms with Gasteiger partial charge in [0.15, 0.2) is 5.76 Å². The van der Waals surface area contributed by atoms with Crippen molar-refractivity contribution in [3.05, 3.63) is 17.5 Å². The number of carboxylic acid groups (broad SMARTS) is 1. The molecule has 0 aliphatic rings. The minimum Gasteiger partial charge on any atom is -0.481 e. The summed E-state index contributed by atoms with van der Waals surface area (Å²) >= 11 is 0. The highest BCUT2D eigenvalue weighted by molar-refractivity contribution is 5.69. The van der Waals surface area contributed by atoms with Gasteiger partial charge in [0.25, 0.3) is 0 Å². The van der Waals surface area contributed by atoms with Gasteiger partial charge in [-0.2, -0.15) is 0 Å². The predicted octanol–water partition coefficient (Wildman–Crippen LogP) is -0.240. The van der Waals surface area contributed by atoms with Crippen LogP contribution in [-0.2, 0) is 17.8 Å². The first kappa shape index (κ1) is 7.74. The number of hydrogen-bond acceptors (Lipinski definition) is 4. The third kappa shape index (κ3) is 2.05. The molecule has 3 N–H and O–H groups in total. The quantitative estimate of drug-likeness (QED) is 0.630. The number of carboxylic acids is 1. The summed E-state index contributed by atoms with van der Waals surface area (Å²) in [5.41, 5.74) is 5.61. The lowest BCUT2D eigenvalue weighted by atomic mass is 10.3. The lowest BCUT2D eigenvalue weighted by molar-refractivity contribution is -0.136. The normalized spacial score (nSPS) is 9.91. The van der Waals surface area contributed by atoms with Crippen molar-refractivity contribution >= 4 is 5.97 Å². The lowest BCUT2D eigenvalue weighted by Gasteiger charge is -1.83. The Morgan fingerprint density at radius 1 is 1.82 bits per heavy atom. The Bertz CT molecular complexity index is 256. The van der Waals surface area contributed by atoms with Crippen LogP contribution >= 0.6 is 0 Å². The first-order chi connectivity index (χ1) is 5.22. The second-order valence-corrected chi connectivity index (χ2v) is 2.06. The molecule has 5 heteroatoms. The SMILES string of the molecule is NCc1cc(CC(=O)O)no1. The minimum absolute atomic E-state index is 0.122. The van der Waals surface area contributed by atoms with Crippen LogP contribution < -0.4 is 5.73 Å². The van der Waals surface area contributed by atoms with Crippen molar-refractivity contribution in [2.45, 2.75) is 13.0 Å². The van der Waals surface area contributed by atoms with Crippen molar-refractivity contribution in [2.24, 2.45) is 5.73 Å². The molecule has 11 heavy (non-hydrogen) atoms. The van der Waals surface area contributed by atoms with Gasteiger partial charge >= 0.3 is 5.97 Å². The van der Waals surface area contributed by atoms with E-state index < -0.39 is 5.97 Å². The molecule has 0 unspecified atom stereocenters. The molecule has 0 bridgehead atoms. The summed E-state index contributed by atoms with van der Waals surface area (Å²) in [5.74, 6) is -0.428.